The maximum absolute atomic E-state index is 13.4. The second-order valence-corrected chi connectivity index (χ2v) is 10.0. The molecule has 3 aromatic carbocycles. The Morgan fingerprint density at radius 1 is 0.921 bits per heavy atom. The van der Waals surface area contributed by atoms with Gasteiger partial charge in [0.1, 0.15) is 16.4 Å². The van der Waals surface area contributed by atoms with E-state index in [0.717, 1.165) is 22.2 Å². The number of hydrogen-bond acceptors (Lipinski definition) is 6. The molecule has 1 aromatic heterocycles. The van der Waals surface area contributed by atoms with E-state index in [1.54, 1.807) is 60.7 Å². The van der Waals surface area contributed by atoms with Crippen molar-refractivity contribution in [2.75, 3.05) is 10.6 Å². The Bertz CT molecular complexity index is 1550. The number of anilines is 2. The molecular formula is C29H22ClN3O4S. The van der Waals surface area contributed by atoms with Gasteiger partial charge in [0.25, 0.3) is 17.7 Å². The van der Waals surface area contributed by atoms with Gasteiger partial charge in [-0.15, -0.1) is 0 Å². The summed E-state index contributed by atoms with van der Waals surface area (Å²) in [5.74, 6) is -0.735. The Morgan fingerprint density at radius 2 is 1.71 bits per heavy atom. The van der Waals surface area contributed by atoms with Crippen LogP contribution in [0, 0.1) is 6.92 Å². The normalized spacial score (nSPS) is 13.3. The van der Waals surface area contributed by atoms with Gasteiger partial charge in [-0.05, 0) is 61.5 Å². The molecule has 0 aliphatic carbocycles. The summed E-state index contributed by atoms with van der Waals surface area (Å²) in [5.41, 5.74) is 2.82. The minimum Gasteiger partial charge on any atom is -0.467 e. The highest BCUT2D eigenvalue weighted by atomic mass is 35.5. The standard InChI is InChI=1S/C29H22ClN3O4S/c1-18-11-13-19(14-12-18)31-25-26(29(36)33(28(25)35)17-21-7-5-15-37-21)38-22-8-4-6-20(16-22)32-27(34)23-9-2-3-10-24(23)30/h2-16,31H,17H2,1H3,(H,32,34). The number of carbonyl (C=O) groups excluding carboxylic acids is 3. The summed E-state index contributed by atoms with van der Waals surface area (Å²) < 4.78 is 5.37. The van der Waals surface area contributed by atoms with Crippen molar-refractivity contribution in [1.82, 2.24) is 4.90 Å². The van der Waals surface area contributed by atoms with E-state index in [2.05, 4.69) is 10.6 Å². The van der Waals surface area contributed by atoms with Crippen LogP contribution in [0.3, 0.4) is 0 Å². The maximum atomic E-state index is 13.4. The largest absolute Gasteiger partial charge is 0.467 e. The summed E-state index contributed by atoms with van der Waals surface area (Å²) >= 11 is 7.30. The van der Waals surface area contributed by atoms with Gasteiger partial charge in [0, 0.05) is 16.3 Å². The van der Waals surface area contributed by atoms with Crippen LogP contribution in [0.4, 0.5) is 11.4 Å². The molecule has 1 aliphatic rings. The van der Waals surface area contributed by atoms with Crippen LogP contribution in [-0.4, -0.2) is 22.6 Å². The van der Waals surface area contributed by atoms with Crippen molar-refractivity contribution in [1.29, 1.82) is 0 Å². The zero-order valence-corrected chi connectivity index (χ0v) is 21.8. The zero-order chi connectivity index (χ0) is 26.6. The fourth-order valence-corrected chi connectivity index (χ4v) is 5.07. The monoisotopic (exact) mass is 543 g/mol. The highest BCUT2D eigenvalue weighted by Crippen LogP contribution is 2.37. The molecule has 1 aliphatic heterocycles. The van der Waals surface area contributed by atoms with Gasteiger partial charge in [0.05, 0.1) is 23.4 Å². The highest BCUT2D eigenvalue weighted by Gasteiger charge is 2.39. The molecule has 38 heavy (non-hydrogen) atoms. The Labute approximate surface area is 228 Å². The van der Waals surface area contributed by atoms with Gasteiger partial charge in [0.15, 0.2) is 0 Å². The minimum atomic E-state index is -0.447. The van der Waals surface area contributed by atoms with Crippen molar-refractivity contribution in [2.45, 2.75) is 18.4 Å². The number of carbonyl (C=O) groups is 3. The molecule has 3 amide bonds. The number of halogens is 1. The summed E-state index contributed by atoms with van der Waals surface area (Å²) in [6, 6.07) is 24.8. The van der Waals surface area contributed by atoms with Crippen LogP contribution < -0.4 is 10.6 Å². The molecule has 0 bridgehead atoms. The Hall–Kier alpha value is -4.27. The first kappa shape index (κ1) is 25.4. The maximum Gasteiger partial charge on any atom is 0.278 e. The second kappa shape index (κ2) is 11.0. The lowest BCUT2D eigenvalue weighted by atomic mass is 10.2. The quantitative estimate of drug-likeness (QED) is 0.247. The third kappa shape index (κ3) is 5.51. The summed E-state index contributed by atoms with van der Waals surface area (Å²) in [6.45, 7) is 1.99. The van der Waals surface area contributed by atoms with E-state index < -0.39 is 11.8 Å². The van der Waals surface area contributed by atoms with Crippen molar-refractivity contribution in [3.05, 3.63) is 124 Å². The van der Waals surface area contributed by atoms with E-state index >= 15 is 0 Å². The number of hydrogen-bond donors (Lipinski definition) is 2. The zero-order valence-electron chi connectivity index (χ0n) is 20.2. The molecule has 2 heterocycles. The predicted octanol–water partition coefficient (Wildman–Crippen LogP) is 6.48. The predicted molar refractivity (Wildman–Crippen MR) is 148 cm³/mol. The molecule has 0 unspecified atom stereocenters. The van der Waals surface area contributed by atoms with Gasteiger partial charge in [-0.25, -0.2) is 0 Å². The fourth-order valence-electron chi connectivity index (χ4n) is 3.84. The van der Waals surface area contributed by atoms with Crippen molar-refractivity contribution in [2.24, 2.45) is 0 Å². The average molecular weight is 544 g/mol. The van der Waals surface area contributed by atoms with E-state index in [1.165, 1.54) is 6.26 Å². The van der Waals surface area contributed by atoms with Gasteiger partial charge in [-0.1, -0.05) is 59.3 Å². The van der Waals surface area contributed by atoms with Crippen LogP contribution in [0.5, 0.6) is 0 Å². The number of aryl methyl sites for hydroxylation is 1. The van der Waals surface area contributed by atoms with Gasteiger partial charge in [-0.2, -0.15) is 0 Å². The number of nitrogens with one attached hydrogen (secondary N) is 2. The molecule has 0 saturated carbocycles. The Balaban J connectivity index is 1.42. The van der Waals surface area contributed by atoms with Gasteiger partial charge in [-0.3, -0.25) is 19.3 Å². The van der Waals surface area contributed by atoms with E-state index in [-0.39, 0.29) is 23.1 Å². The molecule has 0 fully saturated rings. The summed E-state index contributed by atoms with van der Waals surface area (Å²) in [7, 11) is 0. The Morgan fingerprint density at radius 3 is 2.45 bits per heavy atom. The van der Waals surface area contributed by atoms with Crippen LogP contribution in [-0.2, 0) is 16.1 Å². The highest BCUT2D eigenvalue weighted by molar-refractivity contribution is 8.04. The van der Waals surface area contributed by atoms with E-state index in [4.69, 9.17) is 16.0 Å². The van der Waals surface area contributed by atoms with Crippen LogP contribution in [0.1, 0.15) is 21.7 Å². The summed E-state index contributed by atoms with van der Waals surface area (Å²) in [4.78, 5) is 41.6. The SMILES string of the molecule is Cc1ccc(NC2=C(Sc3cccc(NC(=O)c4ccccc4Cl)c3)C(=O)N(Cc3ccco3)C2=O)cc1. The van der Waals surface area contributed by atoms with E-state index in [9.17, 15) is 14.4 Å². The summed E-state index contributed by atoms with van der Waals surface area (Å²) in [6.07, 6.45) is 1.50. The van der Waals surface area contributed by atoms with Crippen molar-refractivity contribution in [3.8, 4) is 0 Å². The lowest BCUT2D eigenvalue weighted by molar-refractivity contribution is -0.138. The molecule has 190 valence electrons. The van der Waals surface area contributed by atoms with Crippen molar-refractivity contribution < 1.29 is 18.8 Å². The molecule has 0 saturated heterocycles. The second-order valence-electron chi connectivity index (χ2n) is 8.53. The third-order valence-corrected chi connectivity index (χ3v) is 7.17. The van der Waals surface area contributed by atoms with Crippen LogP contribution in [0.2, 0.25) is 5.02 Å². The molecule has 5 rings (SSSR count). The smallest absolute Gasteiger partial charge is 0.278 e. The molecule has 0 spiro atoms. The minimum absolute atomic E-state index is 0.0156. The third-order valence-electron chi connectivity index (χ3n) is 5.77. The number of imide groups is 1. The first-order chi connectivity index (χ1) is 18.4. The molecule has 7 nitrogen and oxygen atoms in total. The molecule has 9 heteroatoms. The number of thioether (sulfide) groups is 1. The van der Waals surface area contributed by atoms with Gasteiger partial charge >= 0.3 is 0 Å². The number of nitrogens with zero attached hydrogens (tertiary/aromatic N) is 1. The fraction of sp³-hybridized carbons (Fsp3) is 0.0690. The lowest BCUT2D eigenvalue weighted by Gasteiger charge is -2.13. The first-order valence-electron chi connectivity index (χ1n) is 11.7. The number of rotatable bonds is 8. The topological polar surface area (TPSA) is 91.7 Å². The van der Waals surface area contributed by atoms with Crippen LogP contribution in [0.25, 0.3) is 0 Å². The lowest BCUT2D eigenvalue weighted by Crippen LogP contribution is -2.31. The number of amides is 3. The van der Waals surface area contributed by atoms with Crippen LogP contribution >= 0.6 is 23.4 Å². The molecular weight excluding hydrogens is 522 g/mol. The number of benzene rings is 3. The van der Waals surface area contributed by atoms with Gasteiger partial charge < -0.3 is 15.1 Å². The van der Waals surface area contributed by atoms with Crippen LogP contribution in [0.15, 0.2) is 111 Å². The first-order valence-corrected chi connectivity index (χ1v) is 12.9. The Kier molecular flexibility index (Phi) is 7.35. The number of furan rings is 1. The van der Waals surface area contributed by atoms with E-state index in [0.29, 0.717) is 32.6 Å². The molecule has 4 aromatic rings. The van der Waals surface area contributed by atoms with Crippen molar-refractivity contribution >= 4 is 52.5 Å². The van der Waals surface area contributed by atoms with Gasteiger partial charge in [0.2, 0.25) is 0 Å². The molecule has 0 atom stereocenters. The summed E-state index contributed by atoms with van der Waals surface area (Å²) in [5, 5.41) is 6.32. The van der Waals surface area contributed by atoms with E-state index in [1.807, 2.05) is 31.2 Å². The average Bonchev–Trinajstić information content (AvgIpc) is 3.50. The van der Waals surface area contributed by atoms with Crippen molar-refractivity contribution in [3.63, 3.8) is 0 Å². The molecule has 2 N–H and O–H groups in total. The molecule has 0 radical (unpaired) electrons.